The van der Waals surface area contributed by atoms with Gasteiger partial charge in [0, 0.05) is 27.8 Å². The second-order valence-corrected chi connectivity index (χ2v) is 5.37. The molecule has 0 amide bonds. The fourth-order valence-corrected chi connectivity index (χ4v) is 2.64. The molecule has 3 heteroatoms. The minimum absolute atomic E-state index is 0.0611. The maximum atomic E-state index is 9.73. The quantitative estimate of drug-likeness (QED) is 0.866. The lowest BCUT2D eigenvalue weighted by Crippen LogP contribution is -1.87. The Balaban J connectivity index is 2.20. The third-order valence-electron chi connectivity index (χ3n) is 2.55. The van der Waals surface area contributed by atoms with E-state index in [1.54, 1.807) is 23.5 Å². The number of phenolic OH excluding ortho intramolecular Hbond substituents is 2. The molecule has 1 aromatic heterocycles. The first kappa shape index (κ1) is 11.7. The van der Waals surface area contributed by atoms with Gasteiger partial charge in [-0.3, -0.25) is 0 Å². The van der Waals surface area contributed by atoms with E-state index in [9.17, 15) is 10.2 Å². The molecular formula is C14H14O2S. The van der Waals surface area contributed by atoms with Crippen LogP contribution in [0.1, 0.15) is 15.3 Å². The van der Waals surface area contributed by atoms with Gasteiger partial charge in [-0.05, 0) is 36.8 Å². The lowest BCUT2D eigenvalue weighted by atomic mass is 10.0. The number of aromatic hydroxyl groups is 2. The van der Waals surface area contributed by atoms with Crippen molar-refractivity contribution >= 4 is 16.9 Å². The van der Waals surface area contributed by atoms with Crippen molar-refractivity contribution in [3.05, 3.63) is 52.2 Å². The summed E-state index contributed by atoms with van der Waals surface area (Å²) in [6, 6.07) is 8.72. The second kappa shape index (κ2) is 4.63. The molecule has 2 rings (SSSR count). The Morgan fingerprint density at radius 2 is 2.00 bits per heavy atom. The molecule has 0 aliphatic carbocycles. The van der Waals surface area contributed by atoms with E-state index in [-0.39, 0.29) is 11.5 Å². The molecule has 0 aliphatic rings. The van der Waals surface area contributed by atoms with Crippen LogP contribution in [-0.2, 0) is 6.42 Å². The Morgan fingerprint density at radius 3 is 2.59 bits per heavy atom. The minimum atomic E-state index is 0.0611. The van der Waals surface area contributed by atoms with Gasteiger partial charge in [0.25, 0.3) is 0 Å². The van der Waals surface area contributed by atoms with Crippen LogP contribution in [0.3, 0.4) is 0 Å². The molecule has 2 N–H and O–H groups in total. The largest absolute Gasteiger partial charge is 0.508 e. The summed E-state index contributed by atoms with van der Waals surface area (Å²) in [5.74, 6) is 0.134. The topological polar surface area (TPSA) is 40.5 Å². The third kappa shape index (κ3) is 2.68. The Bertz CT molecular complexity index is 555. The number of benzene rings is 1. The van der Waals surface area contributed by atoms with E-state index < -0.39 is 0 Å². The molecule has 1 heterocycles. The van der Waals surface area contributed by atoms with Crippen LogP contribution in [0, 0.1) is 6.92 Å². The zero-order valence-electron chi connectivity index (χ0n) is 9.60. The van der Waals surface area contributed by atoms with Crippen molar-refractivity contribution in [3.63, 3.8) is 0 Å². The number of hydrogen-bond acceptors (Lipinski definition) is 3. The molecule has 0 atom stereocenters. The van der Waals surface area contributed by atoms with E-state index in [1.807, 2.05) is 0 Å². The second-order valence-electron chi connectivity index (χ2n) is 3.99. The molecule has 0 aliphatic heterocycles. The van der Waals surface area contributed by atoms with Crippen molar-refractivity contribution < 1.29 is 10.2 Å². The highest BCUT2D eigenvalue weighted by Gasteiger charge is 2.08. The number of aryl methyl sites for hydroxylation is 1. The molecule has 0 fully saturated rings. The monoisotopic (exact) mass is 246 g/mol. The van der Waals surface area contributed by atoms with E-state index in [2.05, 4.69) is 25.6 Å². The highest BCUT2D eigenvalue weighted by Crippen LogP contribution is 2.30. The van der Waals surface area contributed by atoms with E-state index >= 15 is 0 Å². The summed E-state index contributed by atoms with van der Waals surface area (Å²) in [4.78, 5) is 2.49. The molecule has 0 unspecified atom stereocenters. The van der Waals surface area contributed by atoms with Crippen LogP contribution >= 0.6 is 11.3 Å². The van der Waals surface area contributed by atoms with Crippen LogP contribution in [0.4, 0.5) is 0 Å². The SMILES string of the molecule is C=C(Cc1ccc(C)s1)c1ccc(O)cc1O. The van der Waals surface area contributed by atoms with Gasteiger partial charge in [-0.25, -0.2) is 0 Å². The highest BCUT2D eigenvalue weighted by molar-refractivity contribution is 7.11. The van der Waals surface area contributed by atoms with Gasteiger partial charge >= 0.3 is 0 Å². The molecule has 2 aromatic rings. The van der Waals surface area contributed by atoms with E-state index in [4.69, 9.17) is 0 Å². The van der Waals surface area contributed by atoms with Gasteiger partial charge in [-0.2, -0.15) is 0 Å². The fraction of sp³-hybridized carbons (Fsp3) is 0.143. The maximum Gasteiger partial charge on any atom is 0.126 e. The van der Waals surface area contributed by atoms with Crippen molar-refractivity contribution in [1.82, 2.24) is 0 Å². The van der Waals surface area contributed by atoms with Crippen LogP contribution in [0.25, 0.3) is 5.57 Å². The fourth-order valence-electron chi connectivity index (χ4n) is 1.70. The number of phenols is 2. The molecule has 0 saturated heterocycles. The van der Waals surface area contributed by atoms with Crippen molar-refractivity contribution in [2.45, 2.75) is 13.3 Å². The van der Waals surface area contributed by atoms with Gasteiger partial charge in [0.05, 0.1) is 0 Å². The maximum absolute atomic E-state index is 9.73. The molecule has 17 heavy (non-hydrogen) atoms. The summed E-state index contributed by atoms with van der Waals surface area (Å²) < 4.78 is 0. The van der Waals surface area contributed by atoms with Crippen molar-refractivity contribution in [2.75, 3.05) is 0 Å². The molecule has 0 spiro atoms. The van der Waals surface area contributed by atoms with Crippen LogP contribution in [0.5, 0.6) is 11.5 Å². The average Bonchev–Trinajstić information content (AvgIpc) is 2.63. The molecule has 88 valence electrons. The van der Waals surface area contributed by atoms with Crippen LogP contribution < -0.4 is 0 Å². The zero-order valence-corrected chi connectivity index (χ0v) is 10.4. The first-order chi connectivity index (χ1) is 8.06. The first-order valence-electron chi connectivity index (χ1n) is 5.31. The number of allylic oxidation sites excluding steroid dienone is 1. The molecule has 0 radical (unpaired) electrons. The van der Waals surface area contributed by atoms with Gasteiger partial charge in [0.1, 0.15) is 11.5 Å². The van der Waals surface area contributed by atoms with Gasteiger partial charge in [-0.1, -0.05) is 6.58 Å². The Hall–Kier alpha value is -1.74. The van der Waals surface area contributed by atoms with E-state index in [1.165, 1.54) is 15.8 Å². The molecule has 1 aromatic carbocycles. The first-order valence-corrected chi connectivity index (χ1v) is 6.13. The van der Waals surface area contributed by atoms with Gasteiger partial charge in [-0.15, -0.1) is 11.3 Å². The lowest BCUT2D eigenvalue weighted by molar-refractivity contribution is 0.449. The predicted molar refractivity (Wildman–Crippen MR) is 71.6 cm³/mol. The minimum Gasteiger partial charge on any atom is -0.508 e. The molecule has 0 saturated carbocycles. The van der Waals surface area contributed by atoms with E-state index in [0.717, 1.165) is 12.0 Å². The highest BCUT2D eigenvalue weighted by atomic mass is 32.1. The number of thiophene rings is 1. The Kier molecular flexibility index (Phi) is 3.20. The van der Waals surface area contributed by atoms with Gasteiger partial charge in [0.15, 0.2) is 0 Å². The molecule has 0 bridgehead atoms. The van der Waals surface area contributed by atoms with Crippen molar-refractivity contribution in [1.29, 1.82) is 0 Å². The molecule has 2 nitrogen and oxygen atoms in total. The summed E-state index contributed by atoms with van der Waals surface area (Å²) >= 11 is 1.73. The predicted octanol–water partition coefficient (Wildman–Crippen LogP) is 3.72. The van der Waals surface area contributed by atoms with E-state index in [0.29, 0.717) is 5.56 Å². The van der Waals surface area contributed by atoms with Crippen molar-refractivity contribution in [3.8, 4) is 11.5 Å². The van der Waals surface area contributed by atoms with Gasteiger partial charge in [0.2, 0.25) is 0 Å². The van der Waals surface area contributed by atoms with Crippen LogP contribution in [-0.4, -0.2) is 10.2 Å². The normalized spacial score (nSPS) is 10.4. The Labute approximate surface area is 104 Å². The summed E-state index contributed by atoms with van der Waals surface area (Å²) in [5.41, 5.74) is 1.54. The summed E-state index contributed by atoms with van der Waals surface area (Å²) in [5, 5.41) is 19.0. The smallest absolute Gasteiger partial charge is 0.126 e. The lowest BCUT2D eigenvalue weighted by Gasteiger charge is -2.07. The Morgan fingerprint density at radius 1 is 1.24 bits per heavy atom. The molecular weight excluding hydrogens is 232 g/mol. The third-order valence-corrected chi connectivity index (χ3v) is 3.55. The summed E-state index contributed by atoms with van der Waals surface area (Å²) in [6.45, 7) is 6.05. The standard InChI is InChI=1S/C14H14O2S/c1-9(7-12-5-3-10(2)17-12)13-6-4-11(15)8-14(13)16/h3-6,8,15-16H,1,7H2,2H3. The van der Waals surface area contributed by atoms with Crippen LogP contribution in [0.15, 0.2) is 36.9 Å². The number of rotatable bonds is 3. The summed E-state index contributed by atoms with van der Waals surface area (Å²) in [7, 11) is 0. The zero-order chi connectivity index (χ0) is 12.4. The van der Waals surface area contributed by atoms with Crippen molar-refractivity contribution in [2.24, 2.45) is 0 Å². The summed E-state index contributed by atoms with van der Waals surface area (Å²) in [6.07, 6.45) is 0.719. The number of hydrogen-bond donors (Lipinski definition) is 2. The van der Waals surface area contributed by atoms with Gasteiger partial charge < -0.3 is 10.2 Å². The van der Waals surface area contributed by atoms with Crippen LogP contribution in [0.2, 0.25) is 0 Å². The average molecular weight is 246 g/mol.